The van der Waals surface area contributed by atoms with Gasteiger partial charge in [-0.15, -0.1) is 0 Å². The van der Waals surface area contributed by atoms with Crippen LogP contribution in [0.5, 0.6) is 0 Å². The number of hydrogen-bond acceptors (Lipinski definition) is 2. The van der Waals surface area contributed by atoms with Gasteiger partial charge in [0.15, 0.2) is 0 Å². The molecule has 0 aliphatic heterocycles. The van der Waals surface area contributed by atoms with Crippen LogP contribution in [0.25, 0.3) is 0 Å². The summed E-state index contributed by atoms with van der Waals surface area (Å²) in [5, 5.41) is 2.49. The zero-order chi connectivity index (χ0) is 5.70. The predicted molar refractivity (Wildman–Crippen MR) is 27.7 cm³/mol. The van der Waals surface area contributed by atoms with Crippen molar-refractivity contribution in [3.05, 3.63) is 0 Å². The highest BCUT2D eigenvalue weighted by molar-refractivity contribution is 5.46. The number of hydrogen-bond donors (Lipinski definition) is 2. The molecule has 0 unspecified atom stereocenters. The first-order valence-corrected chi connectivity index (χ1v) is 2.21. The molecule has 0 bridgehead atoms. The molecule has 7 heavy (non-hydrogen) atoms. The molecule has 0 heterocycles. The Labute approximate surface area is 42.9 Å². The number of amides is 1. The fraction of sp³-hybridized carbons (Fsp3) is 0.750. The number of nitrogens with two attached hydrogens (primary N) is 1. The molecular weight excluding hydrogens is 92.1 g/mol. The Balaban J connectivity index is 2.98. The highest BCUT2D eigenvalue weighted by Gasteiger charge is 1.90. The molecule has 0 rings (SSSR count). The van der Waals surface area contributed by atoms with Gasteiger partial charge in [-0.05, 0) is 6.92 Å². The Morgan fingerprint density at radius 3 is 2.71 bits per heavy atom. The molecule has 0 radical (unpaired) electrons. The molecule has 1 amide bonds. The maximum atomic E-state index is 9.61. The number of carbonyl (C=O) groups is 1. The molecule has 3 heteroatoms. The van der Waals surface area contributed by atoms with E-state index in [1.165, 1.54) is 0 Å². The molecule has 0 aromatic carbocycles. The quantitative estimate of drug-likeness (QED) is 0.453. The molecule has 0 fully saturated rings. The third-order valence-corrected chi connectivity index (χ3v) is 0.706. The van der Waals surface area contributed by atoms with Crippen molar-refractivity contribution >= 4 is 6.41 Å². The van der Waals surface area contributed by atoms with Gasteiger partial charge >= 0.3 is 0 Å². The molecule has 0 aliphatic rings. The lowest BCUT2D eigenvalue weighted by Crippen LogP contribution is -2.31. The molecule has 0 saturated carbocycles. The van der Waals surface area contributed by atoms with Crippen molar-refractivity contribution in [3.63, 3.8) is 0 Å². The largest absolute Gasteiger partial charge is 0.355 e. The molecule has 42 valence electrons. The van der Waals surface area contributed by atoms with Crippen LogP contribution in [0.4, 0.5) is 0 Å². The van der Waals surface area contributed by atoms with Gasteiger partial charge in [0.2, 0.25) is 6.41 Å². The van der Waals surface area contributed by atoms with Crippen molar-refractivity contribution in [1.82, 2.24) is 5.32 Å². The first-order chi connectivity index (χ1) is 3.31. The van der Waals surface area contributed by atoms with Crippen LogP contribution < -0.4 is 11.1 Å². The van der Waals surface area contributed by atoms with Gasteiger partial charge in [-0.2, -0.15) is 0 Å². The van der Waals surface area contributed by atoms with Crippen LogP contribution >= 0.6 is 0 Å². The van der Waals surface area contributed by atoms with Crippen LogP contribution in [0.1, 0.15) is 6.92 Å². The van der Waals surface area contributed by atoms with Crippen LogP contribution in [-0.2, 0) is 4.79 Å². The van der Waals surface area contributed by atoms with Crippen molar-refractivity contribution in [2.24, 2.45) is 5.73 Å². The standard InChI is InChI=1S/C4H10N2O/c1-4(2-5)6-3-7/h3-4H,2,5H2,1H3,(H,6,7)/t4-/m1/s1. The van der Waals surface area contributed by atoms with E-state index >= 15 is 0 Å². The van der Waals surface area contributed by atoms with E-state index in [0.717, 1.165) is 0 Å². The fourth-order valence-corrected chi connectivity index (χ4v) is 0.184. The van der Waals surface area contributed by atoms with E-state index < -0.39 is 0 Å². The fourth-order valence-electron chi connectivity index (χ4n) is 0.184. The van der Waals surface area contributed by atoms with E-state index in [0.29, 0.717) is 13.0 Å². The minimum Gasteiger partial charge on any atom is -0.355 e. The molecule has 0 spiro atoms. The van der Waals surface area contributed by atoms with Crippen molar-refractivity contribution in [2.45, 2.75) is 13.0 Å². The zero-order valence-corrected chi connectivity index (χ0v) is 4.35. The van der Waals surface area contributed by atoms with Crippen molar-refractivity contribution < 1.29 is 4.79 Å². The first kappa shape index (κ1) is 6.43. The van der Waals surface area contributed by atoms with Crippen LogP contribution in [0.3, 0.4) is 0 Å². The maximum absolute atomic E-state index is 9.61. The summed E-state index contributed by atoms with van der Waals surface area (Å²) in [4.78, 5) is 9.61. The summed E-state index contributed by atoms with van der Waals surface area (Å²) in [6, 6.07) is 0.109. The van der Waals surface area contributed by atoms with Crippen LogP contribution in [-0.4, -0.2) is 19.0 Å². The molecule has 0 aromatic rings. The molecule has 0 aliphatic carbocycles. The van der Waals surface area contributed by atoms with Gasteiger partial charge in [0.1, 0.15) is 0 Å². The van der Waals surface area contributed by atoms with E-state index in [4.69, 9.17) is 5.73 Å². The monoisotopic (exact) mass is 102 g/mol. The molecule has 1 atom stereocenters. The van der Waals surface area contributed by atoms with Gasteiger partial charge in [0, 0.05) is 12.6 Å². The number of rotatable bonds is 3. The highest BCUT2D eigenvalue weighted by atomic mass is 16.1. The van der Waals surface area contributed by atoms with Crippen LogP contribution in [0.15, 0.2) is 0 Å². The van der Waals surface area contributed by atoms with Gasteiger partial charge in [-0.1, -0.05) is 0 Å². The second-order valence-electron chi connectivity index (χ2n) is 1.42. The van der Waals surface area contributed by atoms with Gasteiger partial charge in [0.25, 0.3) is 0 Å². The summed E-state index contributed by atoms with van der Waals surface area (Å²) >= 11 is 0. The third-order valence-electron chi connectivity index (χ3n) is 0.706. The summed E-state index contributed by atoms with van der Waals surface area (Å²) in [6.45, 7) is 2.34. The molecule has 3 N–H and O–H groups in total. The lowest BCUT2D eigenvalue weighted by atomic mass is 10.4. The first-order valence-electron chi connectivity index (χ1n) is 2.21. The SMILES string of the molecule is C[C@H](CN)NC=O. The van der Waals surface area contributed by atoms with E-state index in [-0.39, 0.29) is 6.04 Å². The minimum atomic E-state index is 0.109. The van der Waals surface area contributed by atoms with E-state index in [1.807, 2.05) is 6.92 Å². The minimum absolute atomic E-state index is 0.109. The highest BCUT2D eigenvalue weighted by Crippen LogP contribution is 1.68. The summed E-state index contributed by atoms with van der Waals surface area (Å²) < 4.78 is 0. The summed E-state index contributed by atoms with van der Waals surface area (Å²) in [7, 11) is 0. The molecule has 3 nitrogen and oxygen atoms in total. The Bertz CT molecular complexity index is 55.7. The average Bonchev–Trinajstić information content (AvgIpc) is 1.68. The van der Waals surface area contributed by atoms with Gasteiger partial charge in [0.05, 0.1) is 0 Å². The van der Waals surface area contributed by atoms with E-state index in [1.54, 1.807) is 0 Å². The summed E-state index contributed by atoms with van der Waals surface area (Å²) in [5.41, 5.74) is 5.14. The van der Waals surface area contributed by atoms with E-state index in [9.17, 15) is 4.79 Å². The van der Waals surface area contributed by atoms with Crippen molar-refractivity contribution in [3.8, 4) is 0 Å². The molecular formula is C4H10N2O. The Morgan fingerprint density at radius 1 is 2.00 bits per heavy atom. The van der Waals surface area contributed by atoms with E-state index in [2.05, 4.69) is 5.32 Å². The zero-order valence-electron chi connectivity index (χ0n) is 4.35. The maximum Gasteiger partial charge on any atom is 0.207 e. The second-order valence-corrected chi connectivity index (χ2v) is 1.42. The number of nitrogens with one attached hydrogen (secondary N) is 1. The Morgan fingerprint density at radius 2 is 2.57 bits per heavy atom. The van der Waals surface area contributed by atoms with Crippen LogP contribution in [0.2, 0.25) is 0 Å². The Hall–Kier alpha value is -0.570. The number of carbonyl (C=O) groups excluding carboxylic acids is 1. The smallest absolute Gasteiger partial charge is 0.207 e. The van der Waals surface area contributed by atoms with Gasteiger partial charge in [-0.25, -0.2) is 0 Å². The lowest BCUT2D eigenvalue weighted by molar-refractivity contribution is -0.110. The van der Waals surface area contributed by atoms with Crippen molar-refractivity contribution in [2.75, 3.05) is 6.54 Å². The topological polar surface area (TPSA) is 55.1 Å². The molecule has 0 saturated heterocycles. The summed E-state index contributed by atoms with van der Waals surface area (Å²) in [6.07, 6.45) is 0.650. The van der Waals surface area contributed by atoms with Gasteiger partial charge in [-0.3, -0.25) is 4.79 Å². The third kappa shape index (κ3) is 3.26. The normalized spacial score (nSPS) is 12.9. The lowest BCUT2D eigenvalue weighted by Gasteiger charge is -2.02. The predicted octanol–water partition coefficient (Wildman–Crippen LogP) is -0.920. The van der Waals surface area contributed by atoms with Gasteiger partial charge < -0.3 is 11.1 Å². The molecule has 0 aromatic heterocycles. The van der Waals surface area contributed by atoms with Crippen molar-refractivity contribution in [1.29, 1.82) is 0 Å². The summed E-state index contributed by atoms with van der Waals surface area (Å²) in [5.74, 6) is 0. The van der Waals surface area contributed by atoms with Crippen LogP contribution in [0, 0.1) is 0 Å². The average molecular weight is 102 g/mol. The Kier molecular flexibility index (Phi) is 3.32. The second kappa shape index (κ2) is 3.61.